The fourth-order valence-electron chi connectivity index (χ4n) is 0.585. The summed E-state index contributed by atoms with van der Waals surface area (Å²) in [7, 11) is 0. The normalized spacial score (nSPS) is 8.60. The standard InChI is InChI=1S/C6H12ClNO.ClH/c7-6(9)4-2-1-3-5-8;/h1-5,8H2;1H. The Morgan fingerprint density at radius 3 is 2.30 bits per heavy atom. The van der Waals surface area contributed by atoms with E-state index in [2.05, 4.69) is 0 Å². The Morgan fingerprint density at radius 2 is 1.90 bits per heavy atom. The summed E-state index contributed by atoms with van der Waals surface area (Å²) in [6.45, 7) is 0.705. The van der Waals surface area contributed by atoms with Crippen LogP contribution in [0.2, 0.25) is 0 Å². The fourth-order valence-corrected chi connectivity index (χ4v) is 0.719. The molecule has 0 heterocycles. The third kappa shape index (κ3) is 11.1. The smallest absolute Gasteiger partial charge is 0.221 e. The van der Waals surface area contributed by atoms with Crippen molar-refractivity contribution in [1.82, 2.24) is 0 Å². The second kappa shape index (κ2) is 9.21. The lowest BCUT2D eigenvalue weighted by atomic mass is 10.2. The summed E-state index contributed by atoms with van der Waals surface area (Å²) in [5.41, 5.74) is 5.23. The molecule has 0 fully saturated rings. The van der Waals surface area contributed by atoms with Crippen LogP contribution in [-0.4, -0.2) is 11.8 Å². The van der Waals surface area contributed by atoms with E-state index in [9.17, 15) is 4.79 Å². The minimum Gasteiger partial charge on any atom is -0.330 e. The zero-order valence-electron chi connectivity index (χ0n) is 5.81. The van der Waals surface area contributed by atoms with E-state index in [-0.39, 0.29) is 17.6 Å². The van der Waals surface area contributed by atoms with Crippen molar-refractivity contribution in [2.75, 3.05) is 6.54 Å². The molecule has 0 saturated carbocycles. The summed E-state index contributed by atoms with van der Waals surface area (Å²) < 4.78 is 0. The van der Waals surface area contributed by atoms with Gasteiger partial charge < -0.3 is 5.73 Å². The predicted octanol–water partition coefficient (Wildman–Crippen LogP) is 1.69. The molecular formula is C6H13Cl2NO. The zero-order chi connectivity index (χ0) is 7.11. The number of hydrogen-bond donors (Lipinski definition) is 1. The van der Waals surface area contributed by atoms with Gasteiger partial charge in [0.15, 0.2) is 0 Å². The highest BCUT2D eigenvalue weighted by atomic mass is 35.5. The molecule has 0 saturated heterocycles. The molecule has 10 heavy (non-hydrogen) atoms. The van der Waals surface area contributed by atoms with Gasteiger partial charge in [0.25, 0.3) is 0 Å². The van der Waals surface area contributed by atoms with E-state index >= 15 is 0 Å². The molecule has 0 rings (SSSR count). The maximum atomic E-state index is 10.1. The molecule has 0 spiro atoms. The predicted molar refractivity (Wildman–Crippen MR) is 45.6 cm³/mol. The van der Waals surface area contributed by atoms with Crippen molar-refractivity contribution in [3.63, 3.8) is 0 Å². The monoisotopic (exact) mass is 185 g/mol. The summed E-state index contributed by atoms with van der Waals surface area (Å²) >= 11 is 5.09. The maximum Gasteiger partial charge on any atom is 0.221 e. The molecule has 2 N–H and O–H groups in total. The molecule has 0 amide bonds. The van der Waals surface area contributed by atoms with Gasteiger partial charge in [0.1, 0.15) is 0 Å². The lowest BCUT2D eigenvalue weighted by molar-refractivity contribution is -0.111. The highest BCUT2D eigenvalue weighted by Crippen LogP contribution is 2.00. The molecule has 4 heteroatoms. The van der Waals surface area contributed by atoms with Crippen molar-refractivity contribution in [3.05, 3.63) is 0 Å². The van der Waals surface area contributed by atoms with Crippen LogP contribution >= 0.6 is 24.0 Å². The molecular weight excluding hydrogens is 173 g/mol. The van der Waals surface area contributed by atoms with Crippen LogP contribution in [0.4, 0.5) is 0 Å². The van der Waals surface area contributed by atoms with Crippen LogP contribution in [0.3, 0.4) is 0 Å². The van der Waals surface area contributed by atoms with Crippen LogP contribution in [0.1, 0.15) is 25.7 Å². The second-order valence-corrected chi connectivity index (χ2v) is 2.38. The van der Waals surface area contributed by atoms with Crippen LogP contribution < -0.4 is 5.73 Å². The average molecular weight is 186 g/mol. The van der Waals surface area contributed by atoms with Gasteiger partial charge in [-0.15, -0.1) is 12.4 Å². The summed E-state index contributed by atoms with van der Waals surface area (Å²) in [5.74, 6) is 0. The number of hydrogen-bond acceptors (Lipinski definition) is 2. The number of halogens is 2. The van der Waals surface area contributed by atoms with E-state index in [4.69, 9.17) is 17.3 Å². The van der Waals surface area contributed by atoms with E-state index in [1.165, 1.54) is 0 Å². The van der Waals surface area contributed by atoms with Crippen molar-refractivity contribution in [2.45, 2.75) is 25.7 Å². The zero-order valence-corrected chi connectivity index (χ0v) is 7.38. The summed E-state index contributed by atoms with van der Waals surface area (Å²) in [4.78, 5) is 10.1. The van der Waals surface area contributed by atoms with Crippen molar-refractivity contribution < 1.29 is 4.79 Å². The minimum atomic E-state index is -0.243. The largest absolute Gasteiger partial charge is 0.330 e. The van der Waals surface area contributed by atoms with Crippen molar-refractivity contribution >= 4 is 29.3 Å². The summed E-state index contributed by atoms with van der Waals surface area (Å²) in [5, 5.41) is -0.243. The number of rotatable bonds is 5. The molecule has 0 aromatic heterocycles. The molecule has 0 bridgehead atoms. The summed E-state index contributed by atoms with van der Waals surface area (Å²) in [6, 6.07) is 0. The van der Waals surface area contributed by atoms with E-state index in [1.807, 2.05) is 0 Å². The van der Waals surface area contributed by atoms with E-state index in [0.29, 0.717) is 13.0 Å². The first-order valence-corrected chi connectivity index (χ1v) is 3.53. The first-order valence-electron chi connectivity index (χ1n) is 3.15. The topological polar surface area (TPSA) is 43.1 Å². The van der Waals surface area contributed by atoms with E-state index in [0.717, 1.165) is 19.3 Å². The molecule has 0 unspecified atom stereocenters. The first kappa shape index (κ1) is 12.8. The number of carbonyl (C=O) groups excluding carboxylic acids is 1. The summed E-state index contributed by atoms with van der Waals surface area (Å²) in [6.07, 6.45) is 3.36. The van der Waals surface area contributed by atoms with Gasteiger partial charge in [-0.1, -0.05) is 6.42 Å². The number of unbranched alkanes of at least 4 members (excludes halogenated alkanes) is 2. The molecule has 0 atom stereocenters. The van der Waals surface area contributed by atoms with Gasteiger partial charge in [-0.3, -0.25) is 4.79 Å². The fraction of sp³-hybridized carbons (Fsp3) is 0.833. The highest BCUT2D eigenvalue weighted by molar-refractivity contribution is 6.63. The Kier molecular flexibility index (Phi) is 11.8. The molecule has 0 radical (unpaired) electrons. The molecule has 0 aromatic rings. The van der Waals surface area contributed by atoms with Crippen LogP contribution in [0.5, 0.6) is 0 Å². The Balaban J connectivity index is 0. The molecule has 0 aromatic carbocycles. The van der Waals surface area contributed by atoms with Gasteiger partial charge in [-0.05, 0) is 31.0 Å². The number of nitrogens with two attached hydrogens (primary N) is 1. The minimum absolute atomic E-state index is 0. The molecule has 0 aliphatic carbocycles. The third-order valence-electron chi connectivity index (χ3n) is 1.08. The van der Waals surface area contributed by atoms with Gasteiger partial charge in [-0.25, -0.2) is 0 Å². The van der Waals surface area contributed by atoms with Crippen molar-refractivity contribution in [1.29, 1.82) is 0 Å². The molecule has 0 aliphatic heterocycles. The Bertz CT molecular complexity index is 87.8. The van der Waals surface area contributed by atoms with Crippen LogP contribution in [0, 0.1) is 0 Å². The van der Waals surface area contributed by atoms with Crippen molar-refractivity contribution in [3.8, 4) is 0 Å². The van der Waals surface area contributed by atoms with Gasteiger partial charge >= 0.3 is 0 Å². The van der Waals surface area contributed by atoms with Crippen molar-refractivity contribution in [2.24, 2.45) is 5.73 Å². The van der Waals surface area contributed by atoms with E-state index in [1.54, 1.807) is 0 Å². The SMILES string of the molecule is Cl.NCCCCCC(=O)Cl. The Hall–Kier alpha value is 0.210. The lowest BCUT2D eigenvalue weighted by Gasteiger charge is -1.92. The quantitative estimate of drug-likeness (QED) is 0.524. The molecule has 62 valence electrons. The average Bonchev–Trinajstić information content (AvgIpc) is 1.80. The molecule has 2 nitrogen and oxygen atoms in total. The second-order valence-electron chi connectivity index (χ2n) is 1.95. The number of carbonyl (C=O) groups is 1. The lowest BCUT2D eigenvalue weighted by Crippen LogP contribution is -1.98. The maximum absolute atomic E-state index is 10.1. The Morgan fingerprint density at radius 1 is 1.30 bits per heavy atom. The van der Waals surface area contributed by atoms with Gasteiger partial charge in [-0.2, -0.15) is 0 Å². The van der Waals surface area contributed by atoms with Gasteiger partial charge in [0, 0.05) is 6.42 Å². The van der Waals surface area contributed by atoms with Gasteiger partial charge in [0.2, 0.25) is 5.24 Å². The van der Waals surface area contributed by atoms with Crippen LogP contribution in [0.15, 0.2) is 0 Å². The molecule has 0 aliphatic rings. The van der Waals surface area contributed by atoms with E-state index < -0.39 is 0 Å². The van der Waals surface area contributed by atoms with Crippen LogP contribution in [0.25, 0.3) is 0 Å². The van der Waals surface area contributed by atoms with Gasteiger partial charge in [0.05, 0.1) is 0 Å². The highest BCUT2D eigenvalue weighted by Gasteiger charge is 1.93. The Labute approximate surface area is 72.5 Å². The third-order valence-corrected chi connectivity index (χ3v) is 1.27. The van der Waals surface area contributed by atoms with Crippen LogP contribution in [-0.2, 0) is 4.79 Å². The first-order chi connectivity index (χ1) is 4.27.